The van der Waals surface area contributed by atoms with Crippen LogP contribution in [0.5, 0.6) is 0 Å². The first-order valence-electron chi connectivity index (χ1n) is 5.35. The van der Waals surface area contributed by atoms with Crippen LogP contribution in [0.1, 0.15) is 6.92 Å². The largest absolute Gasteiger partial charge is 0.507 e. The first-order valence-corrected chi connectivity index (χ1v) is 5.35. The van der Waals surface area contributed by atoms with E-state index in [-0.39, 0.29) is 30.3 Å². The molecule has 17 heavy (non-hydrogen) atoms. The molecule has 0 amide bonds. The molecule has 5 nitrogen and oxygen atoms in total. The number of rotatable bonds is 2. The topological polar surface area (TPSA) is 76.0 Å². The summed E-state index contributed by atoms with van der Waals surface area (Å²) in [5, 5.41) is 18.7. The highest BCUT2D eigenvalue weighted by Gasteiger charge is 2.28. The number of allylic oxidation sites excluding steroid dienone is 3. The zero-order chi connectivity index (χ0) is 12.4. The van der Waals surface area contributed by atoms with Crippen molar-refractivity contribution in [2.24, 2.45) is 0 Å². The summed E-state index contributed by atoms with van der Waals surface area (Å²) >= 11 is 0. The Bertz CT molecular complexity index is 419. The molecule has 0 radical (unpaired) electrons. The Balaban J connectivity index is 2.27. The molecule has 0 aromatic heterocycles. The molecule has 1 heterocycles. The fraction of sp³-hybridized carbons (Fsp3) is 0.417. The fourth-order valence-electron chi connectivity index (χ4n) is 1.73. The zero-order valence-electron chi connectivity index (χ0n) is 9.42. The highest BCUT2D eigenvalue weighted by molar-refractivity contribution is 5.97. The van der Waals surface area contributed by atoms with Crippen LogP contribution in [0.2, 0.25) is 0 Å². The Hall–Kier alpha value is -1.59. The van der Waals surface area contributed by atoms with E-state index in [1.165, 1.54) is 19.1 Å². The van der Waals surface area contributed by atoms with Gasteiger partial charge in [-0.2, -0.15) is 0 Å². The van der Waals surface area contributed by atoms with E-state index in [9.17, 15) is 9.90 Å². The van der Waals surface area contributed by atoms with Gasteiger partial charge in [0.1, 0.15) is 30.3 Å². The molecule has 2 unspecified atom stereocenters. The molecule has 0 saturated carbocycles. The Morgan fingerprint density at radius 1 is 1.53 bits per heavy atom. The van der Waals surface area contributed by atoms with Crippen LogP contribution in [0.3, 0.4) is 0 Å². The van der Waals surface area contributed by atoms with Gasteiger partial charge in [-0.3, -0.25) is 4.79 Å². The van der Waals surface area contributed by atoms with Crippen molar-refractivity contribution < 1.29 is 24.5 Å². The minimum absolute atomic E-state index is 0.129. The van der Waals surface area contributed by atoms with E-state index < -0.39 is 12.2 Å². The van der Waals surface area contributed by atoms with E-state index in [2.05, 4.69) is 0 Å². The summed E-state index contributed by atoms with van der Waals surface area (Å²) in [5.41, 5.74) is 0.222. The van der Waals surface area contributed by atoms with Gasteiger partial charge < -0.3 is 19.7 Å². The number of fused-ring (bicyclic) bond motifs is 1. The van der Waals surface area contributed by atoms with Crippen molar-refractivity contribution >= 4 is 5.78 Å². The molecular formula is C12H14O5. The van der Waals surface area contributed by atoms with Gasteiger partial charge in [0.2, 0.25) is 0 Å². The SMILES string of the molecule is CC(=O)C1=CC=C2OCC(CO)OC2C=C1O. The third-order valence-electron chi connectivity index (χ3n) is 2.64. The summed E-state index contributed by atoms with van der Waals surface area (Å²) < 4.78 is 10.9. The summed E-state index contributed by atoms with van der Waals surface area (Å²) in [6.07, 6.45) is 3.54. The lowest BCUT2D eigenvalue weighted by Gasteiger charge is -2.29. The van der Waals surface area contributed by atoms with E-state index in [1.54, 1.807) is 6.08 Å². The lowest BCUT2D eigenvalue weighted by Crippen LogP contribution is -2.36. The minimum atomic E-state index is -0.561. The highest BCUT2D eigenvalue weighted by atomic mass is 16.6. The summed E-state index contributed by atoms with van der Waals surface area (Å²) in [5.74, 6) is 0.168. The van der Waals surface area contributed by atoms with Gasteiger partial charge in [-0.15, -0.1) is 0 Å². The number of carbonyl (C=O) groups excluding carboxylic acids is 1. The van der Waals surface area contributed by atoms with Crippen molar-refractivity contribution in [1.82, 2.24) is 0 Å². The van der Waals surface area contributed by atoms with E-state index >= 15 is 0 Å². The van der Waals surface area contributed by atoms with Crippen LogP contribution in [0, 0.1) is 0 Å². The van der Waals surface area contributed by atoms with E-state index in [4.69, 9.17) is 14.6 Å². The second-order valence-electron chi connectivity index (χ2n) is 3.93. The summed E-state index contributed by atoms with van der Waals surface area (Å²) in [6, 6.07) is 0. The van der Waals surface area contributed by atoms with Gasteiger partial charge >= 0.3 is 0 Å². The number of Topliss-reactive ketones (excluding diaryl/α,β-unsaturated/α-hetero) is 1. The van der Waals surface area contributed by atoms with Crippen molar-refractivity contribution in [3.63, 3.8) is 0 Å². The average Bonchev–Trinajstić information content (AvgIpc) is 2.46. The quantitative estimate of drug-likeness (QED) is 0.737. The smallest absolute Gasteiger partial charge is 0.163 e. The summed E-state index contributed by atoms with van der Waals surface area (Å²) in [7, 11) is 0. The van der Waals surface area contributed by atoms with Gasteiger partial charge in [-0.25, -0.2) is 0 Å². The molecule has 92 valence electrons. The number of aliphatic hydroxyl groups excluding tert-OH is 2. The Kier molecular flexibility index (Phi) is 3.31. The monoisotopic (exact) mass is 238 g/mol. The molecule has 0 aromatic carbocycles. The Morgan fingerprint density at radius 3 is 2.94 bits per heavy atom. The predicted octanol–water partition coefficient (Wildman–Crippen LogP) is 0.617. The molecule has 2 N–H and O–H groups in total. The Labute approximate surface area is 98.7 Å². The average molecular weight is 238 g/mol. The van der Waals surface area contributed by atoms with Gasteiger partial charge in [0.15, 0.2) is 5.78 Å². The summed E-state index contributed by atoms with van der Waals surface area (Å²) in [4.78, 5) is 11.3. The molecule has 1 fully saturated rings. The maximum Gasteiger partial charge on any atom is 0.163 e. The standard InChI is InChI=1S/C12H14O5/c1-7(14)9-2-3-11-12(4-10(9)15)17-8(5-13)6-16-11/h2-4,8,12-13,15H,5-6H2,1H3. The van der Waals surface area contributed by atoms with Crippen molar-refractivity contribution in [2.45, 2.75) is 19.1 Å². The van der Waals surface area contributed by atoms with Crippen molar-refractivity contribution in [1.29, 1.82) is 0 Å². The second-order valence-corrected chi connectivity index (χ2v) is 3.93. The molecule has 0 bridgehead atoms. The maximum absolute atomic E-state index is 11.3. The molecule has 2 atom stereocenters. The molecule has 0 aromatic rings. The molecular weight excluding hydrogens is 224 g/mol. The van der Waals surface area contributed by atoms with Crippen LogP contribution in [-0.2, 0) is 14.3 Å². The lowest BCUT2D eigenvalue weighted by atomic mass is 10.1. The Morgan fingerprint density at radius 2 is 2.29 bits per heavy atom. The van der Waals surface area contributed by atoms with Crippen LogP contribution >= 0.6 is 0 Å². The third-order valence-corrected chi connectivity index (χ3v) is 2.64. The van der Waals surface area contributed by atoms with Crippen molar-refractivity contribution in [2.75, 3.05) is 13.2 Å². The number of aliphatic hydroxyl groups is 2. The predicted molar refractivity (Wildman–Crippen MR) is 59.3 cm³/mol. The van der Waals surface area contributed by atoms with Crippen molar-refractivity contribution in [3.05, 3.63) is 35.3 Å². The zero-order valence-corrected chi connectivity index (χ0v) is 9.42. The molecule has 1 saturated heterocycles. The molecule has 2 aliphatic rings. The minimum Gasteiger partial charge on any atom is -0.507 e. The number of hydrogen-bond acceptors (Lipinski definition) is 5. The third kappa shape index (κ3) is 2.40. The van der Waals surface area contributed by atoms with E-state index in [0.29, 0.717) is 5.76 Å². The highest BCUT2D eigenvalue weighted by Crippen LogP contribution is 2.25. The number of carbonyl (C=O) groups is 1. The molecule has 0 spiro atoms. The van der Waals surface area contributed by atoms with Crippen molar-refractivity contribution in [3.8, 4) is 0 Å². The molecule has 1 aliphatic heterocycles. The lowest BCUT2D eigenvalue weighted by molar-refractivity contribution is -0.113. The van der Waals surface area contributed by atoms with Crippen LogP contribution < -0.4 is 0 Å². The first kappa shape index (κ1) is 11.9. The summed E-state index contributed by atoms with van der Waals surface area (Å²) in [6.45, 7) is 1.49. The van der Waals surface area contributed by atoms with Gasteiger partial charge in [0, 0.05) is 0 Å². The number of ketones is 1. The fourth-order valence-corrected chi connectivity index (χ4v) is 1.73. The van der Waals surface area contributed by atoms with Gasteiger partial charge in [-0.05, 0) is 25.2 Å². The molecule has 2 rings (SSSR count). The van der Waals surface area contributed by atoms with Gasteiger partial charge in [0.05, 0.1) is 12.2 Å². The van der Waals surface area contributed by atoms with Crippen LogP contribution in [0.15, 0.2) is 35.3 Å². The van der Waals surface area contributed by atoms with Crippen LogP contribution in [-0.4, -0.2) is 41.4 Å². The molecule has 5 heteroatoms. The van der Waals surface area contributed by atoms with Crippen LogP contribution in [0.4, 0.5) is 0 Å². The normalized spacial score (nSPS) is 28.0. The van der Waals surface area contributed by atoms with Gasteiger partial charge in [-0.1, -0.05) is 0 Å². The van der Waals surface area contributed by atoms with Crippen LogP contribution in [0.25, 0.3) is 0 Å². The molecule has 1 aliphatic carbocycles. The maximum atomic E-state index is 11.3. The van der Waals surface area contributed by atoms with E-state index in [0.717, 1.165) is 0 Å². The number of ether oxygens (including phenoxy) is 2. The number of hydrogen-bond donors (Lipinski definition) is 2. The van der Waals surface area contributed by atoms with Gasteiger partial charge in [0.25, 0.3) is 0 Å². The first-order chi connectivity index (χ1) is 8.11. The second kappa shape index (κ2) is 4.73. The van der Waals surface area contributed by atoms with E-state index in [1.807, 2.05) is 0 Å².